The molecule has 32 heavy (non-hydrogen) atoms. The largest absolute Gasteiger partial charge is 0.454 e. The Balaban J connectivity index is 1.29. The van der Waals surface area contributed by atoms with E-state index < -0.39 is 17.4 Å². The van der Waals surface area contributed by atoms with Crippen LogP contribution >= 0.6 is 0 Å². The second-order valence-electron chi connectivity index (χ2n) is 7.77. The molecule has 1 atom stereocenters. The van der Waals surface area contributed by atoms with Crippen LogP contribution in [0.25, 0.3) is 11.1 Å². The number of amides is 2. The fraction of sp³-hybridized carbons (Fsp3) is 0.200. The number of fused-ring (bicyclic) bond motifs is 1. The first-order valence-electron chi connectivity index (χ1n) is 10.3. The Hall–Kier alpha value is -3.84. The molecule has 3 N–H and O–H groups in total. The van der Waals surface area contributed by atoms with Crippen molar-refractivity contribution in [2.24, 2.45) is 0 Å². The zero-order valence-electron chi connectivity index (χ0n) is 17.6. The summed E-state index contributed by atoms with van der Waals surface area (Å²) in [6.45, 7) is 1.83. The van der Waals surface area contributed by atoms with Gasteiger partial charge in [-0.05, 0) is 41.3 Å². The molecule has 3 aromatic rings. The molecule has 0 saturated heterocycles. The van der Waals surface area contributed by atoms with Crippen molar-refractivity contribution in [3.8, 4) is 22.6 Å². The highest BCUT2D eigenvalue weighted by atomic mass is 16.7. The van der Waals surface area contributed by atoms with E-state index in [4.69, 9.17) is 9.47 Å². The van der Waals surface area contributed by atoms with Gasteiger partial charge in [0.2, 0.25) is 6.79 Å². The number of hydrogen-bond acceptors (Lipinski definition) is 5. The van der Waals surface area contributed by atoms with Crippen LogP contribution in [0, 0.1) is 0 Å². The summed E-state index contributed by atoms with van der Waals surface area (Å²) in [5.74, 6) is -0.336. The number of ether oxygens (including phenoxy) is 2. The fourth-order valence-corrected chi connectivity index (χ4v) is 3.40. The van der Waals surface area contributed by atoms with Crippen LogP contribution in [0.3, 0.4) is 0 Å². The molecule has 0 unspecified atom stereocenters. The van der Waals surface area contributed by atoms with Gasteiger partial charge in [-0.3, -0.25) is 9.59 Å². The van der Waals surface area contributed by atoms with E-state index in [1.54, 1.807) is 25.1 Å². The molecule has 164 valence electrons. The minimum atomic E-state index is -1.33. The number of benzene rings is 3. The average molecular weight is 432 g/mol. The van der Waals surface area contributed by atoms with Crippen molar-refractivity contribution in [2.75, 3.05) is 13.3 Å². The van der Waals surface area contributed by atoms with Crippen LogP contribution in [0.4, 0.5) is 0 Å². The quantitative estimate of drug-likeness (QED) is 0.521. The Morgan fingerprint density at radius 3 is 2.28 bits per heavy atom. The normalized spacial score (nSPS) is 13.8. The molecule has 7 nitrogen and oxygen atoms in total. The zero-order valence-corrected chi connectivity index (χ0v) is 17.6. The molecule has 7 heteroatoms. The number of rotatable bonds is 6. The molecule has 1 aliphatic rings. The molecule has 0 spiro atoms. The van der Waals surface area contributed by atoms with Crippen molar-refractivity contribution in [2.45, 2.75) is 19.1 Å². The molecular weight excluding hydrogens is 408 g/mol. The van der Waals surface area contributed by atoms with Crippen molar-refractivity contribution in [1.82, 2.24) is 10.6 Å². The third kappa shape index (κ3) is 4.90. The van der Waals surface area contributed by atoms with Crippen LogP contribution in [-0.4, -0.2) is 30.3 Å². The highest BCUT2D eigenvalue weighted by Crippen LogP contribution is 2.32. The summed E-state index contributed by atoms with van der Waals surface area (Å²) in [4.78, 5) is 24.3. The summed E-state index contributed by atoms with van der Waals surface area (Å²) in [6.07, 6.45) is 0. The zero-order chi connectivity index (χ0) is 22.6. The second-order valence-corrected chi connectivity index (χ2v) is 7.77. The minimum absolute atomic E-state index is 0.103. The van der Waals surface area contributed by atoms with E-state index in [1.807, 2.05) is 54.6 Å². The second kappa shape index (κ2) is 9.11. The first-order valence-corrected chi connectivity index (χ1v) is 10.3. The van der Waals surface area contributed by atoms with Gasteiger partial charge >= 0.3 is 11.8 Å². The molecule has 0 aliphatic carbocycles. The first-order chi connectivity index (χ1) is 15.4. The summed E-state index contributed by atoms with van der Waals surface area (Å²) in [6, 6.07) is 22.7. The van der Waals surface area contributed by atoms with Crippen LogP contribution in [0.15, 0.2) is 72.8 Å². The van der Waals surface area contributed by atoms with Gasteiger partial charge < -0.3 is 25.2 Å². The molecule has 0 saturated carbocycles. The predicted molar refractivity (Wildman–Crippen MR) is 119 cm³/mol. The standard InChI is InChI=1S/C25H24N2O5/c1-25(30,20-10-8-19(9-11-20)18-5-3-2-4-6-18)15-27-24(29)23(28)26-14-17-7-12-21-22(13-17)32-16-31-21/h2-13,30H,14-16H2,1H3,(H,26,28)(H,27,29)/t25-/m0/s1. The van der Waals surface area contributed by atoms with Gasteiger partial charge in [0.25, 0.3) is 0 Å². The van der Waals surface area contributed by atoms with Crippen LogP contribution < -0.4 is 20.1 Å². The van der Waals surface area contributed by atoms with E-state index in [0.717, 1.165) is 16.7 Å². The molecular formula is C25H24N2O5. The Labute approximate surface area is 186 Å². The van der Waals surface area contributed by atoms with E-state index in [0.29, 0.717) is 17.1 Å². The van der Waals surface area contributed by atoms with E-state index in [1.165, 1.54) is 0 Å². The Morgan fingerprint density at radius 1 is 0.875 bits per heavy atom. The van der Waals surface area contributed by atoms with Crippen LogP contribution in [-0.2, 0) is 21.7 Å². The van der Waals surface area contributed by atoms with E-state index in [9.17, 15) is 14.7 Å². The highest BCUT2D eigenvalue weighted by Gasteiger charge is 2.25. The molecule has 1 aliphatic heterocycles. The Morgan fingerprint density at radius 2 is 1.53 bits per heavy atom. The fourth-order valence-electron chi connectivity index (χ4n) is 3.40. The maximum atomic E-state index is 12.2. The van der Waals surface area contributed by atoms with Crippen molar-refractivity contribution < 1.29 is 24.2 Å². The number of aliphatic hydroxyl groups is 1. The maximum absolute atomic E-state index is 12.2. The van der Waals surface area contributed by atoms with Crippen molar-refractivity contribution >= 4 is 11.8 Å². The van der Waals surface area contributed by atoms with Gasteiger partial charge in [-0.15, -0.1) is 0 Å². The van der Waals surface area contributed by atoms with E-state index in [2.05, 4.69) is 10.6 Å². The third-order valence-electron chi connectivity index (χ3n) is 5.30. The lowest BCUT2D eigenvalue weighted by Crippen LogP contribution is -2.45. The van der Waals surface area contributed by atoms with Crippen LogP contribution in [0.2, 0.25) is 0 Å². The Kier molecular flexibility index (Phi) is 6.09. The number of carbonyl (C=O) groups excluding carboxylic acids is 2. The van der Waals surface area contributed by atoms with Crippen molar-refractivity contribution in [3.63, 3.8) is 0 Å². The molecule has 0 fully saturated rings. The Bertz CT molecular complexity index is 1110. The van der Waals surface area contributed by atoms with Crippen LogP contribution in [0.5, 0.6) is 11.5 Å². The average Bonchev–Trinajstić information content (AvgIpc) is 3.29. The number of carbonyl (C=O) groups is 2. The topological polar surface area (TPSA) is 96.9 Å². The monoisotopic (exact) mass is 432 g/mol. The lowest BCUT2D eigenvalue weighted by molar-refractivity contribution is -0.139. The van der Waals surface area contributed by atoms with E-state index in [-0.39, 0.29) is 19.9 Å². The smallest absolute Gasteiger partial charge is 0.309 e. The lowest BCUT2D eigenvalue weighted by Gasteiger charge is -2.24. The van der Waals surface area contributed by atoms with Gasteiger partial charge in [0, 0.05) is 6.54 Å². The van der Waals surface area contributed by atoms with Crippen molar-refractivity contribution in [3.05, 3.63) is 83.9 Å². The predicted octanol–water partition coefficient (Wildman–Crippen LogP) is 2.72. The molecule has 0 aromatic heterocycles. The summed E-state index contributed by atoms with van der Waals surface area (Å²) in [5.41, 5.74) is 2.19. The summed E-state index contributed by atoms with van der Waals surface area (Å²) in [7, 11) is 0. The lowest BCUT2D eigenvalue weighted by atomic mass is 9.93. The molecule has 3 aromatic carbocycles. The van der Waals surface area contributed by atoms with Gasteiger partial charge in [0.1, 0.15) is 5.60 Å². The molecule has 0 radical (unpaired) electrons. The third-order valence-corrected chi connectivity index (χ3v) is 5.30. The minimum Gasteiger partial charge on any atom is -0.454 e. The molecule has 2 amide bonds. The summed E-state index contributed by atoms with van der Waals surface area (Å²) in [5, 5.41) is 15.9. The number of hydrogen-bond donors (Lipinski definition) is 3. The van der Waals surface area contributed by atoms with Crippen LogP contribution in [0.1, 0.15) is 18.1 Å². The van der Waals surface area contributed by atoms with Gasteiger partial charge in [-0.1, -0.05) is 60.7 Å². The molecule has 4 rings (SSSR count). The van der Waals surface area contributed by atoms with Crippen molar-refractivity contribution in [1.29, 1.82) is 0 Å². The SMILES string of the molecule is C[C@](O)(CNC(=O)C(=O)NCc1ccc2c(c1)OCO2)c1ccc(-c2ccccc2)cc1. The first kappa shape index (κ1) is 21.4. The van der Waals surface area contributed by atoms with Gasteiger partial charge in [-0.2, -0.15) is 0 Å². The molecule has 1 heterocycles. The highest BCUT2D eigenvalue weighted by molar-refractivity contribution is 6.35. The summed E-state index contributed by atoms with van der Waals surface area (Å²) >= 11 is 0. The van der Waals surface area contributed by atoms with Gasteiger partial charge in [0.05, 0.1) is 6.54 Å². The summed E-state index contributed by atoms with van der Waals surface area (Å²) < 4.78 is 10.6. The molecule has 0 bridgehead atoms. The maximum Gasteiger partial charge on any atom is 0.309 e. The van der Waals surface area contributed by atoms with Gasteiger partial charge in [-0.25, -0.2) is 0 Å². The number of nitrogens with one attached hydrogen (secondary N) is 2. The van der Waals surface area contributed by atoms with Gasteiger partial charge in [0.15, 0.2) is 11.5 Å². The van der Waals surface area contributed by atoms with E-state index >= 15 is 0 Å².